The molecule has 0 spiro atoms. The van der Waals surface area contributed by atoms with Gasteiger partial charge in [-0.15, -0.1) is 0 Å². The quantitative estimate of drug-likeness (QED) is 0.937. The van der Waals surface area contributed by atoms with Gasteiger partial charge < -0.3 is 14.9 Å². The van der Waals surface area contributed by atoms with Crippen molar-refractivity contribution in [1.29, 1.82) is 0 Å². The highest BCUT2D eigenvalue weighted by Gasteiger charge is 2.30. The van der Waals surface area contributed by atoms with Crippen molar-refractivity contribution in [3.8, 4) is 11.4 Å². The summed E-state index contributed by atoms with van der Waals surface area (Å²) in [4.78, 5) is 9.27. The second-order valence-electron chi connectivity index (χ2n) is 6.35. The average molecular weight is 285 g/mol. The van der Waals surface area contributed by atoms with Crippen molar-refractivity contribution in [1.82, 2.24) is 19.1 Å². The zero-order chi connectivity index (χ0) is 14.4. The maximum atomic E-state index is 6.42. The van der Waals surface area contributed by atoms with Gasteiger partial charge in [0.15, 0.2) is 0 Å². The van der Waals surface area contributed by atoms with E-state index in [1.54, 1.807) is 0 Å². The number of hydrogen-bond donors (Lipinski definition) is 1. The van der Waals surface area contributed by atoms with Gasteiger partial charge in [0.2, 0.25) is 0 Å². The van der Waals surface area contributed by atoms with Crippen molar-refractivity contribution in [3.63, 3.8) is 0 Å². The average Bonchev–Trinajstić information content (AvgIpc) is 2.94. The molecule has 0 amide bonds. The summed E-state index contributed by atoms with van der Waals surface area (Å²) in [6, 6.07) is 0.601. The molecule has 4 rings (SSSR count). The number of nitrogens with zero attached hydrogens (tertiary/aromatic N) is 4. The van der Waals surface area contributed by atoms with Gasteiger partial charge >= 0.3 is 0 Å². The molecule has 0 aliphatic heterocycles. The summed E-state index contributed by atoms with van der Waals surface area (Å²) in [5.74, 6) is 2.58. The molecule has 2 aromatic rings. The van der Waals surface area contributed by atoms with Gasteiger partial charge in [0, 0.05) is 18.5 Å². The van der Waals surface area contributed by atoms with E-state index in [1.165, 1.54) is 44.3 Å². The lowest BCUT2D eigenvalue weighted by Crippen LogP contribution is -2.08. The maximum absolute atomic E-state index is 6.42. The Morgan fingerprint density at radius 2 is 2.00 bits per heavy atom. The van der Waals surface area contributed by atoms with Crippen LogP contribution >= 0.6 is 0 Å². The van der Waals surface area contributed by atoms with Crippen LogP contribution in [0.4, 0.5) is 5.82 Å². The highest BCUT2D eigenvalue weighted by Crippen LogP contribution is 2.41. The Morgan fingerprint density at radius 3 is 2.67 bits per heavy atom. The predicted molar refractivity (Wildman–Crippen MR) is 83.0 cm³/mol. The highest BCUT2D eigenvalue weighted by molar-refractivity contribution is 5.68. The van der Waals surface area contributed by atoms with E-state index in [-0.39, 0.29) is 0 Å². The molecule has 0 radical (unpaired) electrons. The molecule has 0 bridgehead atoms. The molecule has 112 valence electrons. The van der Waals surface area contributed by atoms with Crippen LogP contribution in [0.1, 0.15) is 63.2 Å². The molecule has 2 fully saturated rings. The molecule has 0 atom stereocenters. The third kappa shape index (κ3) is 2.06. The number of rotatable bonds is 4. The summed E-state index contributed by atoms with van der Waals surface area (Å²) in [6.07, 6.45) is 11.4. The molecule has 2 aliphatic rings. The molecule has 0 saturated heterocycles. The van der Waals surface area contributed by atoms with Crippen molar-refractivity contribution < 1.29 is 0 Å². The van der Waals surface area contributed by atoms with Crippen LogP contribution in [0.5, 0.6) is 0 Å². The third-order valence-electron chi connectivity index (χ3n) is 4.92. The zero-order valence-electron chi connectivity index (χ0n) is 12.6. The molecule has 2 aliphatic carbocycles. The van der Waals surface area contributed by atoms with Crippen molar-refractivity contribution in [2.75, 3.05) is 5.73 Å². The molecule has 5 nitrogen and oxygen atoms in total. The summed E-state index contributed by atoms with van der Waals surface area (Å²) < 4.78 is 4.45. The van der Waals surface area contributed by atoms with Crippen molar-refractivity contribution >= 4 is 5.82 Å². The Kier molecular flexibility index (Phi) is 3.01. The first-order valence-electron chi connectivity index (χ1n) is 8.17. The Labute approximate surface area is 125 Å². The summed E-state index contributed by atoms with van der Waals surface area (Å²) in [7, 11) is 0. The summed E-state index contributed by atoms with van der Waals surface area (Å²) in [5.41, 5.74) is 8.44. The Morgan fingerprint density at radius 1 is 1.24 bits per heavy atom. The van der Waals surface area contributed by atoms with E-state index in [0.29, 0.717) is 12.0 Å². The van der Waals surface area contributed by atoms with Gasteiger partial charge in [0.1, 0.15) is 17.3 Å². The first-order chi connectivity index (χ1) is 10.3. The van der Waals surface area contributed by atoms with Crippen LogP contribution in [0.15, 0.2) is 12.5 Å². The fraction of sp³-hybridized carbons (Fsp3) is 0.625. The Balaban J connectivity index is 1.79. The van der Waals surface area contributed by atoms with Crippen molar-refractivity contribution in [3.05, 3.63) is 18.3 Å². The molecular weight excluding hydrogens is 262 g/mol. The first kappa shape index (κ1) is 12.9. The molecule has 0 unspecified atom stereocenters. The van der Waals surface area contributed by atoms with Gasteiger partial charge in [-0.3, -0.25) is 0 Å². The number of nitrogen functional groups attached to an aromatic ring is 1. The van der Waals surface area contributed by atoms with Crippen LogP contribution in [0.2, 0.25) is 0 Å². The highest BCUT2D eigenvalue weighted by atomic mass is 15.2. The number of hydrogen-bond acceptors (Lipinski definition) is 3. The van der Waals surface area contributed by atoms with Gasteiger partial charge in [0.05, 0.1) is 18.2 Å². The summed E-state index contributed by atoms with van der Waals surface area (Å²) >= 11 is 0. The van der Waals surface area contributed by atoms with Gasteiger partial charge in [-0.1, -0.05) is 12.8 Å². The number of nitrogens with two attached hydrogens (primary N) is 1. The zero-order valence-corrected chi connectivity index (χ0v) is 12.6. The fourth-order valence-corrected chi connectivity index (χ4v) is 3.63. The van der Waals surface area contributed by atoms with Crippen molar-refractivity contribution in [2.24, 2.45) is 0 Å². The first-order valence-corrected chi connectivity index (χ1v) is 8.17. The lowest BCUT2D eigenvalue weighted by atomic mass is 10.1. The van der Waals surface area contributed by atoms with Crippen LogP contribution in [0.3, 0.4) is 0 Å². The van der Waals surface area contributed by atoms with E-state index < -0.39 is 0 Å². The van der Waals surface area contributed by atoms with Crippen LogP contribution in [-0.2, 0) is 6.54 Å². The number of imidazole rings is 2. The third-order valence-corrected chi connectivity index (χ3v) is 4.92. The molecule has 5 heteroatoms. The van der Waals surface area contributed by atoms with E-state index in [1.807, 2.05) is 12.5 Å². The SMILES string of the molecule is CCn1c(C2CCCC2)nc(-c2cncn2C2CC2)c1N. The second-order valence-corrected chi connectivity index (χ2v) is 6.35. The van der Waals surface area contributed by atoms with Crippen LogP contribution in [-0.4, -0.2) is 19.1 Å². The van der Waals surface area contributed by atoms with Crippen LogP contribution < -0.4 is 5.73 Å². The predicted octanol–water partition coefficient (Wildman–Crippen LogP) is 3.34. The normalized spacial score (nSPS) is 19.5. The van der Waals surface area contributed by atoms with Crippen LogP contribution in [0.25, 0.3) is 11.4 Å². The molecule has 2 saturated carbocycles. The summed E-state index contributed by atoms with van der Waals surface area (Å²) in [6.45, 7) is 3.04. The lowest BCUT2D eigenvalue weighted by molar-refractivity contribution is 0.604. The number of anilines is 1. The van der Waals surface area contributed by atoms with E-state index in [2.05, 4.69) is 21.0 Å². The van der Waals surface area contributed by atoms with E-state index in [9.17, 15) is 0 Å². The minimum atomic E-state index is 0.582. The fourth-order valence-electron chi connectivity index (χ4n) is 3.63. The number of aromatic nitrogens is 4. The van der Waals surface area contributed by atoms with Crippen molar-refractivity contribution in [2.45, 2.75) is 64.0 Å². The maximum Gasteiger partial charge on any atom is 0.133 e. The van der Waals surface area contributed by atoms with Gasteiger partial charge in [0.25, 0.3) is 0 Å². The molecular formula is C16H23N5. The monoisotopic (exact) mass is 285 g/mol. The van der Waals surface area contributed by atoms with E-state index >= 15 is 0 Å². The molecule has 2 N–H and O–H groups in total. The van der Waals surface area contributed by atoms with E-state index in [4.69, 9.17) is 10.7 Å². The standard InChI is InChI=1S/C16H23N5/c1-2-20-15(17)14(19-16(20)11-5-3-4-6-11)13-9-18-10-21(13)12-7-8-12/h9-12H,2-8,17H2,1H3. The van der Waals surface area contributed by atoms with Gasteiger partial charge in [-0.25, -0.2) is 9.97 Å². The van der Waals surface area contributed by atoms with Gasteiger partial charge in [-0.05, 0) is 32.6 Å². The van der Waals surface area contributed by atoms with Gasteiger partial charge in [-0.2, -0.15) is 0 Å². The minimum Gasteiger partial charge on any atom is -0.383 e. The van der Waals surface area contributed by atoms with Crippen LogP contribution in [0, 0.1) is 0 Å². The van der Waals surface area contributed by atoms with E-state index in [0.717, 1.165) is 23.8 Å². The molecule has 2 heterocycles. The minimum absolute atomic E-state index is 0.582. The molecule has 0 aromatic carbocycles. The smallest absolute Gasteiger partial charge is 0.133 e. The Bertz CT molecular complexity index is 644. The molecule has 21 heavy (non-hydrogen) atoms. The largest absolute Gasteiger partial charge is 0.383 e. The molecule has 2 aromatic heterocycles. The summed E-state index contributed by atoms with van der Waals surface area (Å²) in [5, 5.41) is 0. The lowest BCUT2D eigenvalue weighted by Gasteiger charge is -2.11. The second kappa shape index (κ2) is 4.90. The Hall–Kier alpha value is -1.78. The topological polar surface area (TPSA) is 61.7 Å².